The van der Waals surface area contributed by atoms with Crippen LogP contribution in [0.25, 0.3) is 5.52 Å². The van der Waals surface area contributed by atoms with Crippen molar-refractivity contribution >= 4 is 17.3 Å². The summed E-state index contributed by atoms with van der Waals surface area (Å²) >= 11 is 0. The number of amides is 2. The van der Waals surface area contributed by atoms with E-state index in [9.17, 15) is 14.0 Å². The molecule has 0 spiro atoms. The van der Waals surface area contributed by atoms with Gasteiger partial charge >= 0.3 is 0 Å². The standard InChI is InChI=1S/C20H21FN4O2/c1-2-3-11-22-20(27)18-24-17(16-6-4-5-12-25(16)18)19(26)23-13-14-7-9-15(21)10-8-14/h4-10,12H,2-3,11,13H2,1H3,(H,22,27)(H,23,26). The zero-order valence-corrected chi connectivity index (χ0v) is 15.0. The number of nitrogens with one attached hydrogen (secondary N) is 2. The fourth-order valence-electron chi connectivity index (χ4n) is 2.69. The van der Waals surface area contributed by atoms with E-state index >= 15 is 0 Å². The largest absolute Gasteiger partial charge is 0.349 e. The molecule has 7 heteroatoms. The van der Waals surface area contributed by atoms with Crippen molar-refractivity contribution in [3.63, 3.8) is 0 Å². The number of pyridine rings is 1. The number of hydrogen-bond donors (Lipinski definition) is 2. The van der Waals surface area contributed by atoms with Crippen LogP contribution in [0.4, 0.5) is 4.39 Å². The van der Waals surface area contributed by atoms with Crippen molar-refractivity contribution in [3.05, 3.63) is 71.6 Å². The second-order valence-corrected chi connectivity index (χ2v) is 6.16. The zero-order chi connectivity index (χ0) is 19.2. The number of benzene rings is 1. The van der Waals surface area contributed by atoms with Crippen molar-refractivity contribution in [2.45, 2.75) is 26.3 Å². The van der Waals surface area contributed by atoms with Crippen molar-refractivity contribution in [1.82, 2.24) is 20.0 Å². The highest BCUT2D eigenvalue weighted by Crippen LogP contribution is 2.14. The molecule has 0 aliphatic heterocycles. The Kier molecular flexibility index (Phi) is 5.80. The van der Waals surface area contributed by atoms with Gasteiger partial charge in [0.25, 0.3) is 11.8 Å². The maximum atomic E-state index is 13.0. The third kappa shape index (κ3) is 4.31. The maximum Gasteiger partial charge on any atom is 0.287 e. The average Bonchev–Trinajstić information content (AvgIpc) is 3.07. The highest BCUT2D eigenvalue weighted by atomic mass is 19.1. The first-order valence-corrected chi connectivity index (χ1v) is 8.88. The molecule has 27 heavy (non-hydrogen) atoms. The molecule has 2 N–H and O–H groups in total. The summed E-state index contributed by atoms with van der Waals surface area (Å²) in [5.74, 6) is -0.865. The lowest BCUT2D eigenvalue weighted by molar-refractivity contribution is 0.0942. The molecular weight excluding hydrogens is 347 g/mol. The van der Waals surface area contributed by atoms with Gasteiger partial charge in [0.05, 0.1) is 5.52 Å². The molecule has 0 bridgehead atoms. The molecule has 2 aromatic heterocycles. The van der Waals surface area contributed by atoms with Gasteiger partial charge in [-0.15, -0.1) is 0 Å². The number of rotatable bonds is 7. The van der Waals surface area contributed by atoms with Gasteiger partial charge < -0.3 is 10.6 Å². The molecule has 0 radical (unpaired) electrons. The molecular formula is C20H21FN4O2. The highest BCUT2D eigenvalue weighted by Gasteiger charge is 2.21. The molecule has 0 aliphatic rings. The Morgan fingerprint density at radius 3 is 2.59 bits per heavy atom. The number of aromatic nitrogens is 2. The summed E-state index contributed by atoms with van der Waals surface area (Å²) in [5.41, 5.74) is 1.50. The summed E-state index contributed by atoms with van der Waals surface area (Å²) < 4.78 is 14.6. The number of carbonyl (C=O) groups is 2. The minimum Gasteiger partial charge on any atom is -0.349 e. The number of halogens is 1. The third-order valence-electron chi connectivity index (χ3n) is 4.15. The van der Waals surface area contributed by atoms with Crippen molar-refractivity contribution in [2.75, 3.05) is 6.54 Å². The molecule has 0 atom stereocenters. The molecule has 0 fully saturated rings. The lowest BCUT2D eigenvalue weighted by Gasteiger charge is -2.04. The van der Waals surface area contributed by atoms with E-state index in [1.807, 2.05) is 6.92 Å². The predicted octanol–water partition coefficient (Wildman–Crippen LogP) is 2.93. The first kappa shape index (κ1) is 18.6. The third-order valence-corrected chi connectivity index (χ3v) is 4.15. The molecule has 0 unspecified atom stereocenters. The Balaban J connectivity index is 1.80. The molecule has 0 saturated carbocycles. The first-order valence-electron chi connectivity index (χ1n) is 8.88. The number of unbranched alkanes of at least 4 members (excludes halogenated alkanes) is 1. The number of imidazole rings is 1. The minimum atomic E-state index is -0.393. The molecule has 6 nitrogen and oxygen atoms in total. The van der Waals surface area contributed by atoms with Crippen molar-refractivity contribution < 1.29 is 14.0 Å². The summed E-state index contributed by atoms with van der Waals surface area (Å²) in [6.45, 7) is 2.84. The van der Waals surface area contributed by atoms with Gasteiger partial charge in [0.2, 0.25) is 5.82 Å². The summed E-state index contributed by atoms with van der Waals surface area (Å²) in [6, 6.07) is 11.2. The van der Waals surface area contributed by atoms with E-state index in [0.29, 0.717) is 12.1 Å². The number of carbonyl (C=O) groups excluding carboxylic acids is 2. The Labute approximate surface area is 156 Å². The number of hydrogen-bond acceptors (Lipinski definition) is 3. The van der Waals surface area contributed by atoms with E-state index in [-0.39, 0.29) is 29.8 Å². The number of fused-ring (bicyclic) bond motifs is 1. The minimum absolute atomic E-state index is 0.175. The summed E-state index contributed by atoms with van der Waals surface area (Å²) in [5, 5.41) is 5.58. The Bertz CT molecular complexity index is 950. The smallest absolute Gasteiger partial charge is 0.287 e. The van der Waals surface area contributed by atoms with Gasteiger partial charge in [0.15, 0.2) is 5.69 Å². The molecule has 140 valence electrons. The van der Waals surface area contributed by atoms with Crippen LogP contribution in [0.2, 0.25) is 0 Å². The van der Waals surface area contributed by atoms with Crippen LogP contribution in [0.15, 0.2) is 48.7 Å². The van der Waals surface area contributed by atoms with E-state index in [2.05, 4.69) is 15.6 Å². The van der Waals surface area contributed by atoms with Crippen LogP contribution in [0.1, 0.15) is 46.4 Å². The van der Waals surface area contributed by atoms with Gasteiger partial charge in [-0.25, -0.2) is 9.37 Å². The number of nitrogens with zero attached hydrogens (tertiary/aromatic N) is 2. The Morgan fingerprint density at radius 1 is 1.07 bits per heavy atom. The topological polar surface area (TPSA) is 75.5 Å². The monoisotopic (exact) mass is 368 g/mol. The van der Waals surface area contributed by atoms with E-state index in [0.717, 1.165) is 18.4 Å². The average molecular weight is 368 g/mol. The molecule has 0 saturated heterocycles. The normalized spacial score (nSPS) is 10.7. The summed E-state index contributed by atoms with van der Waals surface area (Å²) in [6.07, 6.45) is 3.55. The van der Waals surface area contributed by atoms with Crippen LogP contribution in [-0.2, 0) is 6.54 Å². The molecule has 3 aromatic rings. The molecule has 3 rings (SSSR count). The Morgan fingerprint density at radius 2 is 1.85 bits per heavy atom. The quantitative estimate of drug-likeness (QED) is 0.630. The van der Waals surface area contributed by atoms with Crippen molar-refractivity contribution in [1.29, 1.82) is 0 Å². The zero-order valence-electron chi connectivity index (χ0n) is 15.0. The van der Waals surface area contributed by atoms with Gasteiger partial charge in [-0.05, 0) is 36.2 Å². The predicted molar refractivity (Wildman–Crippen MR) is 100 cm³/mol. The molecule has 2 amide bonds. The van der Waals surface area contributed by atoms with Gasteiger partial charge in [0, 0.05) is 19.3 Å². The fourth-order valence-corrected chi connectivity index (χ4v) is 2.69. The van der Waals surface area contributed by atoms with Crippen molar-refractivity contribution in [3.8, 4) is 0 Å². The lowest BCUT2D eigenvalue weighted by Crippen LogP contribution is -2.27. The van der Waals surface area contributed by atoms with E-state index in [1.165, 1.54) is 12.1 Å². The van der Waals surface area contributed by atoms with E-state index in [4.69, 9.17) is 0 Å². The Hall–Kier alpha value is -3.22. The second kappa shape index (κ2) is 8.44. The second-order valence-electron chi connectivity index (χ2n) is 6.16. The van der Waals surface area contributed by atoms with Crippen molar-refractivity contribution in [2.24, 2.45) is 0 Å². The van der Waals surface area contributed by atoms with Gasteiger partial charge in [-0.2, -0.15) is 0 Å². The molecule has 2 heterocycles. The van der Waals surface area contributed by atoms with Crippen LogP contribution in [0.3, 0.4) is 0 Å². The lowest BCUT2D eigenvalue weighted by atomic mass is 10.2. The fraction of sp³-hybridized carbons (Fsp3) is 0.250. The molecule has 1 aromatic carbocycles. The van der Waals surface area contributed by atoms with Gasteiger partial charge in [-0.1, -0.05) is 31.5 Å². The summed E-state index contributed by atoms with van der Waals surface area (Å²) in [7, 11) is 0. The van der Waals surface area contributed by atoms with Crippen LogP contribution in [0, 0.1) is 5.82 Å². The van der Waals surface area contributed by atoms with E-state index < -0.39 is 5.91 Å². The van der Waals surface area contributed by atoms with Gasteiger partial charge in [-0.3, -0.25) is 14.0 Å². The van der Waals surface area contributed by atoms with Gasteiger partial charge in [0.1, 0.15) is 5.82 Å². The maximum absolute atomic E-state index is 13.0. The van der Waals surface area contributed by atoms with Crippen LogP contribution in [-0.4, -0.2) is 27.7 Å². The first-order chi connectivity index (χ1) is 13.1. The van der Waals surface area contributed by atoms with Crippen LogP contribution >= 0.6 is 0 Å². The SMILES string of the molecule is CCCCNC(=O)c1nc(C(=O)NCc2ccc(F)cc2)c2ccccn12. The summed E-state index contributed by atoms with van der Waals surface area (Å²) in [4.78, 5) is 29.3. The van der Waals surface area contributed by atoms with Crippen LogP contribution < -0.4 is 10.6 Å². The van der Waals surface area contributed by atoms with E-state index in [1.54, 1.807) is 40.9 Å². The molecule has 0 aliphatic carbocycles. The van der Waals surface area contributed by atoms with Crippen LogP contribution in [0.5, 0.6) is 0 Å². The highest BCUT2D eigenvalue weighted by molar-refractivity contribution is 6.02.